The number of rotatable bonds is 2. The van der Waals surface area contributed by atoms with E-state index in [1.54, 1.807) is 18.2 Å². The van der Waals surface area contributed by atoms with Gasteiger partial charge in [0, 0.05) is 35.0 Å². The second-order valence-corrected chi connectivity index (χ2v) is 6.37. The minimum Gasteiger partial charge on any atom is -0.436 e. The van der Waals surface area contributed by atoms with E-state index in [4.69, 9.17) is 16.8 Å². The van der Waals surface area contributed by atoms with Gasteiger partial charge in [-0.25, -0.2) is 9.97 Å². The summed E-state index contributed by atoms with van der Waals surface area (Å²) in [6.07, 6.45) is 1.51. The first-order valence-corrected chi connectivity index (χ1v) is 8.55. The molecule has 0 spiro atoms. The zero-order chi connectivity index (χ0) is 26.8. The van der Waals surface area contributed by atoms with Crippen molar-refractivity contribution < 1.29 is 16.8 Å². The predicted molar refractivity (Wildman–Crippen MR) is 112 cm³/mol. The van der Waals surface area contributed by atoms with Gasteiger partial charge in [-0.3, -0.25) is 4.98 Å². The van der Waals surface area contributed by atoms with E-state index in [0.29, 0.717) is 27.8 Å². The second-order valence-electron chi connectivity index (χ2n) is 6.37. The summed E-state index contributed by atoms with van der Waals surface area (Å²) in [5.41, 5.74) is 1.30. The first-order chi connectivity index (χ1) is 17.2. The fourth-order valence-electron chi connectivity index (χ4n) is 3.20. The third-order valence-corrected chi connectivity index (χ3v) is 4.59. The number of hydrogen-bond acceptors (Lipinski definition) is 4. The van der Waals surface area contributed by atoms with Gasteiger partial charge in [-0.2, -0.15) is 0 Å². The molecule has 0 bridgehead atoms. The van der Waals surface area contributed by atoms with Crippen molar-refractivity contribution in [1.82, 2.24) is 15.0 Å². The van der Waals surface area contributed by atoms with Crippen LogP contribution in [0.4, 0.5) is 0 Å². The quantitative estimate of drug-likeness (QED) is 0.378. The van der Waals surface area contributed by atoms with Gasteiger partial charge in [-0.05, 0) is 55.9 Å². The van der Waals surface area contributed by atoms with E-state index in [-0.39, 0.29) is 16.8 Å². The highest BCUT2D eigenvalue weighted by Crippen LogP contribution is 2.32. The molecule has 5 aromatic rings. The van der Waals surface area contributed by atoms with Crippen molar-refractivity contribution in [2.75, 3.05) is 0 Å². The number of fused-ring (bicyclic) bond motifs is 3. The van der Waals surface area contributed by atoms with E-state index in [9.17, 15) is 0 Å². The Kier molecular flexibility index (Phi) is 2.15. The second kappa shape index (κ2) is 6.27. The average Bonchev–Trinajstić information content (AvgIpc) is 3.19. The Balaban J connectivity index is 1.70. The molecule has 5 rings (SSSR count). The highest BCUT2D eigenvalue weighted by Gasteiger charge is 2.13. The maximum absolute atomic E-state index is 8.06. The van der Waals surface area contributed by atoms with Gasteiger partial charge in [-0.1, -0.05) is 30.3 Å². The van der Waals surface area contributed by atoms with Crippen LogP contribution >= 0.6 is 0 Å². The largest absolute Gasteiger partial charge is 0.436 e. The zero-order valence-electron chi connectivity index (χ0n) is 23.5. The molecule has 28 heavy (non-hydrogen) atoms. The number of nitrogens with zero attached hydrogens (tertiary/aromatic N) is 3. The van der Waals surface area contributed by atoms with Crippen molar-refractivity contribution in [1.29, 1.82) is 0 Å². The van der Waals surface area contributed by atoms with E-state index in [2.05, 4.69) is 15.0 Å². The Bertz CT molecular complexity index is 1640. The molecule has 0 aliphatic rings. The standard InChI is InChI=1S/C24H19N3O/c1-14-11-21(25-13-20(14)17-7-5-4-6-8-17)18-9-10-22-19(12-18)23-24(28-22)27-16(3)15(2)26-23/h4-13H,1-3H3/i1D3,2D3,3D3. The minimum absolute atomic E-state index is 0.0907. The van der Waals surface area contributed by atoms with Gasteiger partial charge >= 0.3 is 0 Å². The van der Waals surface area contributed by atoms with Crippen LogP contribution < -0.4 is 0 Å². The smallest absolute Gasteiger partial charge is 0.246 e. The summed E-state index contributed by atoms with van der Waals surface area (Å²) >= 11 is 0. The van der Waals surface area contributed by atoms with Crippen LogP contribution in [0.2, 0.25) is 0 Å². The Morgan fingerprint density at radius 3 is 2.54 bits per heavy atom. The Hall–Kier alpha value is -3.53. The molecule has 0 aliphatic carbocycles. The Labute approximate surface area is 175 Å². The van der Waals surface area contributed by atoms with E-state index >= 15 is 0 Å². The van der Waals surface area contributed by atoms with E-state index < -0.39 is 31.9 Å². The third kappa shape index (κ3) is 2.65. The fourth-order valence-corrected chi connectivity index (χ4v) is 3.20. The van der Waals surface area contributed by atoms with Gasteiger partial charge in [0.25, 0.3) is 0 Å². The van der Waals surface area contributed by atoms with Crippen molar-refractivity contribution in [3.8, 4) is 22.4 Å². The lowest BCUT2D eigenvalue weighted by Gasteiger charge is -2.08. The molecule has 136 valence electrons. The molecule has 4 heteroatoms. The molecule has 0 saturated heterocycles. The third-order valence-electron chi connectivity index (χ3n) is 4.59. The van der Waals surface area contributed by atoms with Crippen LogP contribution in [0.25, 0.3) is 44.6 Å². The normalized spacial score (nSPS) is 17.5. The van der Waals surface area contributed by atoms with Crippen LogP contribution in [0.15, 0.2) is 65.2 Å². The molecule has 0 amide bonds. The van der Waals surface area contributed by atoms with Crippen LogP contribution in [0.5, 0.6) is 0 Å². The summed E-state index contributed by atoms with van der Waals surface area (Å²) < 4.78 is 76.2. The lowest BCUT2D eigenvalue weighted by atomic mass is 10.0. The summed E-state index contributed by atoms with van der Waals surface area (Å²) in [5, 5.41) is 0.395. The molecule has 0 unspecified atom stereocenters. The topological polar surface area (TPSA) is 51.8 Å². The van der Waals surface area contributed by atoms with Crippen molar-refractivity contribution >= 4 is 22.2 Å². The summed E-state index contributed by atoms with van der Waals surface area (Å²) in [4.78, 5) is 12.7. The van der Waals surface area contributed by atoms with Crippen LogP contribution in [0.1, 0.15) is 29.3 Å². The summed E-state index contributed by atoms with van der Waals surface area (Å²) in [5.74, 6) is 0. The van der Waals surface area contributed by atoms with Gasteiger partial charge in [0.05, 0.1) is 17.1 Å². The van der Waals surface area contributed by atoms with E-state index in [0.717, 1.165) is 5.56 Å². The molecule has 0 atom stereocenters. The average molecular weight is 374 g/mol. The van der Waals surface area contributed by atoms with Gasteiger partial charge in [-0.15, -0.1) is 0 Å². The van der Waals surface area contributed by atoms with Gasteiger partial charge in [0.15, 0.2) is 0 Å². The number of aromatic nitrogens is 3. The highest BCUT2D eigenvalue weighted by molar-refractivity contribution is 6.02. The number of hydrogen-bond donors (Lipinski definition) is 0. The van der Waals surface area contributed by atoms with Crippen molar-refractivity contribution in [2.24, 2.45) is 0 Å². The zero-order valence-corrected chi connectivity index (χ0v) is 14.5. The minimum atomic E-state index is -2.81. The fraction of sp³-hybridized carbons (Fsp3) is 0.125. The SMILES string of the molecule is [2H]C([2H])([2H])c1cc(-c2ccc3oc4nc(C([2H])([2H])[2H])c(C([2H])([2H])[2H])nc4c3c2)ncc1-c1ccccc1. The molecule has 0 fully saturated rings. The number of benzene rings is 2. The van der Waals surface area contributed by atoms with Crippen LogP contribution in [-0.2, 0) is 0 Å². The first-order valence-electron chi connectivity index (χ1n) is 13.0. The molecule has 0 radical (unpaired) electrons. The highest BCUT2D eigenvalue weighted by atomic mass is 16.3. The molecule has 3 heterocycles. The van der Waals surface area contributed by atoms with E-state index in [1.807, 2.05) is 30.3 Å². The molecule has 2 aromatic carbocycles. The molecular formula is C24H19N3O. The first kappa shape index (κ1) is 9.60. The van der Waals surface area contributed by atoms with Crippen molar-refractivity contribution in [3.63, 3.8) is 0 Å². The number of pyridine rings is 1. The Morgan fingerprint density at radius 2 is 1.71 bits per heavy atom. The maximum Gasteiger partial charge on any atom is 0.246 e. The van der Waals surface area contributed by atoms with Gasteiger partial charge < -0.3 is 4.42 Å². The maximum atomic E-state index is 8.06. The van der Waals surface area contributed by atoms with Crippen LogP contribution in [-0.4, -0.2) is 15.0 Å². The molecule has 4 nitrogen and oxygen atoms in total. The van der Waals surface area contributed by atoms with Crippen LogP contribution in [0.3, 0.4) is 0 Å². The number of aryl methyl sites for hydroxylation is 3. The summed E-state index contributed by atoms with van der Waals surface area (Å²) in [6.45, 7) is -8.01. The molecule has 3 aromatic heterocycles. The van der Waals surface area contributed by atoms with E-state index in [1.165, 1.54) is 12.3 Å². The predicted octanol–water partition coefficient (Wildman–Crippen LogP) is 6.03. The van der Waals surface area contributed by atoms with Gasteiger partial charge in [0.1, 0.15) is 11.1 Å². The summed E-state index contributed by atoms with van der Waals surface area (Å²) in [6, 6.07) is 15.5. The molecule has 0 N–H and O–H groups in total. The van der Waals surface area contributed by atoms with Crippen LogP contribution in [0, 0.1) is 20.6 Å². The molecular weight excluding hydrogens is 346 g/mol. The van der Waals surface area contributed by atoms with Gasteiger partial charge in [0.2, 0.25) is 5.71 Å². The number of furan rings is 1. The van der Waals surface area contributed by atoms with Crippen molar-refractivity contribution in [3.05, 3.63) is 77.7 Å². The Morgan fingerprint density at radius 1 is 0.857 bits per heavy atom. The summed E-state index contributed by atoms with van der Waals surface area (Å²) in [7, 11) is 0. The monoisotopic (exact) mass is 374 g/mol. The van der Waals surface area contributed by atoms with Crippen molar-refractivity contribution in [2.45, 2.75) is 20.6 Å². The molecule has 0 saturated carbocycles. The lowest BCUT2D eigenvalue weighted by Crippen LogP contribution is -1.91. The lowest BCUT2D eigenvalue weighted by molar-refractivity contribution is 0.650. The molecule has 0 aliphatic heterocycles.